The number of anilines is 6. The van der Waals surface area contributed by atoms with Crippen molar-refractivity contribution >= 4 is 143 Å². The smallest absolute Gasteiger partial charge is 0.159 e. The fourth-order valence-corrected chi connectivity index (χ4v) is 13.8. The van der Waals surface area contributed by atoms with Crippen molar-refractivity contribution in [1.29, 1.82) is 5.26 Å². The fraction of sp³-hybridized carbons (Fsp3) is 0.0506. The molecule has 86 heavy (non-hydrogen) atoms. The maximum atomic E-state index is 11.2. The van der Waals surface area contributed by atoms with Gasteiger partial charge in [-0.25, -0.2) is 0 Å². The van der Waals surface area contributed by atoms with Gasteiger partial charge in [-0.2, -0.15) is 5.26 Å². The van der Waals surface area contributed by atoms with Crippen molar-refractivity contribution in [3.8, 4) is 28.3 Å². The van der Waals surface area contributed by atoms with Crippen LogP contribution in [0.3, 0.4) is 0 Å². The van der Waals surface area contributed by atoms with E-state index in [0.29, 0.717) is 27.9 Å². The molecule has 7 nitrogen and oxygen atoms in total. The molecule has 0 saturated carbocycles. The zero-order valence-corrected chi connectivity index (χ0v) is 47.5. The van der Waals surface area contributed by atoms with Gasteiger partial charge in [0, 0.05) is 65.6 Å². The topological polar surface area (TPSA) is 82.8 Å². The van der Waals surface area contributed by atoms with Gasteiger partial charge >= 0.3 is 0 Å². The van der Waals surface area contributed by atoms with E-state index >= 15 is 0 Å². The predicted octanol–water partition coefficient (Wildman–Crippen LogP) is 23.0. The van der Waals surface area contributed by atoms with Crippen LogP contribution in [0.2, 0.25) is 0 Å². The molecule has 0 radical (unpaired) electrons. The molecule has 0 saturated heterocycles. The molecule has 0 unspecified atom stereocenters. The predicted molar refractivity (Wildman–Crippen MR) is 354 cm³/mol. The molecule has 4 aromatic heterocycles. The van der Waals surface area contributed by atoms with E-state index < -0.39 is 0 Å². The summed E-state index contributed by atoms with van der Waals surface area (Å²) in [6.07, 6.45) is 0. The van der Waals surface area contributed by atoms with Crippen LogP contribution >= 0.6 is 0 Å². The summed E-state index contributed by atoms with van der Waals surface area (Å²) in [7, 11) is 0. The zero-order valence-electron chi connectivity index (χ0n) is 47.5. The Morgan fingerprint density at radius 3 is 1.24 bits per heavy atom. The molecule has 406 valence electrons. The van der Waals surface area contributed by atoms with Gasteiger partial charge in [0.05, 0.1) is 22.7 Å². The van der Waals surface area contributed by atoms with Gasteiger partial charge in [0.2, 0.25) is 0 Å². The van der Waals surface area contributed by atoms with Crippen molar-refractivity contribution in [2.75, 3.05) is 9.80 Å². The third-order valence-electron chi connectivity index (χ3n) is 17.7. The third kappa shape index (κ3) is 7.40. The molecule has 0 spiro atoms. The van der Waals surface area contributed by atoms with Crippen LogP contribution < -0.4 is 9.80 Å². The van der Waals surface area contributed by atoms with Crippen molar-refractivity contribution in [3.05, 3.63) is 264 Å². The standard InChI is InChI=1S/C79H51N3O4/c1-45-17-11-18-46(2)73(45)81(67-31-15-29-61-59-27-13-25-57(75(59)85-78(61)67)49-21-7-5-8-22-49)55-35-33-51-39-63-64-43-71-72(66(44-80)77(64)84-69(63)41-53(51)37-55)65-40-52-34-36-56(38-54(52)42-70(65)83-71)82(74-47(3)19-12-20-48(74)4)68-32-16-30-62-60-28-14-26-58(76(60)86-79(62)68)50-23-9-6-10-24-50/h5-43H,1-4H3. The molecular weight excluding hydrogens is 1050 g/mol. The molecule has 0 aliphatic carbocycles. The molecule has 0 aliphatic heterocycles. The van der Waals surface area contributed by atoms with E-state index in [1.54, 1.807) is 0 Å². The number of hydrogen-bond donors (Lipinski definition) is 0. The molecule has 13 aromatic carbocycles. The summed E-state index contributed by atoms with van der Waals surface area (Å²) in [5.74, 6) is 0. The second kappa shape index (κ2) is 18.8. The average Bonchev–Trinajstić information content (AvgIpc) is 1.74. The highest BCUT2D eigenvalue weighted by Gasteiger charge is 2.27. The molecule has 0 amide bonds. The summed E-state index contributed by atoms with van der Waals surface area (Å²) in [5.41, 5.74) is 21.2. The van der Waals surface area contributed by atoms with E-state index in [1.807, 2.05) is 18.2 Å². The summed E-state index contributed by atoms with van der Waals surface area (Å²) in [6, 6.07) is 85.8. The summed E-state index contributed by atoms with van der Waals surface area (Å²) in [4.78, 5) is 4.67. The van der Waals surface area contributed by atoms with E-state index in [0.717, 1.165) is 166 Å². The molecule has 4 heterocycles. The van der Waals surface area contributed by atoms with E-state index in [2.05, 4.69) is 262 Å². The van der Waals surface area contributed by atoms with E-state index in [1.165, 1.54) is 0 Å². The van der Waals surface area contributed by atoms with Crippen molar-refractivity contribution in [3.63, 3.8) is 0 Å². The Bertz CT molecular complexity index is 5470. The molecule has 0 N–H and O–H groups in total. The molecule has 17 rings (SSSR count). The largest absolute Gasteiger partial charge is 0.456 e. The zero-order chi connectivity index (χ0) is 57.5. The number of rotatable bonds is 8. The first-order valence-electron chi connectivity index (χ1n) is 29.1. The summed E-state index contributed by atoms with van der Waals surface area (Å²) >= 11 is 0. The first-order valence-corrected chi connectivity index (χ1v) is 29.1. The lowest BCUT2D eigenvalue weighted by atomic mass is 9.99. The fourth-order valence-electron chi connectivity index (χ4n) is 13.8. The minimum atomic E-state index is 0.444. The lowest BCUT2D eigenvalue weighted by Gasteiger charge is -2.29. The van der Waals surface area contributed by atoms with E-state index in [9.17, 15) is 5.26 Å². The molecular formula is C79H51N3O4. The van der Waals surface area contributed by atoms with Crippen molar-refractivity contribution in [2.24, 2.45) is 0 Å². The van der Waals surface area contributed by atoms with E-state index in [-0.39, 0.29) is 0 Å². The van der Waals surface area contributed by atoms with E-state index in [4.69, 9.17) is 17.7 Å². The van der Waals surface area contributed by atoms with Gasteiger partial charge < -0.3 is 27.5 Å². The van der Waals surface area contributed by atoms with Gasteiger partial charge in [0.25, 0.3) is 0 Å². The van der Waals surface area contributed by atoms with Crippen LogP contribution in [-0.4, -0.2) is 0 Å². The minimum absolute atomic E-state index is 0.444. The Hall–Kier alpha value is -11.3. The average molecular weight is 1110 g/mol. The second-order valence-corrected chi connectivity index (χ2v) is 22.8. The Kier molecular flexibility index (Phi) is 10.8. The first kappa shape index (κ1) is 49.3. The van der Waals surface area contributed by atoms with Crippen molar-refractivity contribution < 1.29 is 17.7 Å². The normalized spacial score (nSPS) is 11.9. The minimum Gasteiger partial charge on any atom is -0.456 e. The molecule has 0 aliphatic rings. The SMILES string of the molecule is Cc1cccc(C)c1N(c1ccc2cc3c(cc2c1)oc1c(C#N)c2c(cc13)oc1cc3cc(N(c4c(C)cccc4C)c4cccc5c4oc4c(-c6ccccc6)cccc45)ccc3cc12)c1cccc2c1oc1c(-c3ccccc3)cccc12. The molecule has 0 bridgehead atoms. The Morgan fingerprint density at radius 1 is 0.314 bits per heavy atom. The number of furan rings is 4. The molecule has 0 atom stereocenters. The summed E-state index contributed by atoms with van der Waals surface area (Å²) in [6.45, 7) is 8.67. The molecule has 7 heteroatoms. The molecule has 0 fully saturated rings. The third-order valence-corrected chi connectivity index (χ3v) is 17.7. The van der Waals surface area contributed by atoms with Gasteiger partial charge in [-0.1, -0.05) is 170 Å². The number of benzene rings is 13. The quantitative estimate of drug-likeness (QED) is 0.150. The number of nitrogens with zero attached hydrogens (tertiary/aromatic N) is 3. The van der Waals surface area contributed by atoms with Gasteiger partial charge in [0.1, 0.15) is 39.5 Å². The summed E-state index contributed by atoms with van der Waals surface area (Å²) in [5, 5.41) is 22.8. The van der Waals surface area contributed by atoms with Crippen molar-refractivity contribution in [2.45, 2.75) is 27.7 Å². The number of nitriles is 1. The number of hydrogen-bond acceptors (Lipinski definition) is 7. The van der Waals surface area contributed by atoms with Gasteiger partial charge in [-0.05, 0) is 149 Å². The maximum Gasteiger partial charge on any atom is 0.159 e. The first-order chi connectivity index (χ1) is 42.2. The van der Waals surface area contributed by atoms with Crippen molar-refractivity contribution in [1.82, 2.24) is 0 Å². The van der Waals surface area contributed by atoms with Gasteiger partial charge in [-0.3, -0.25) is 0 Å². The highest BCUT2D eigenvalue weighted by atomic mass is 16.3. The van der Waals surface area contributed by atoms with Crippen LogP contribution in [0.25, 0.3) is 132 Å². The van der Waals surface area contributed by atoms with Crippen LogP contribution in [-0.2, 0) is 0 Å². The molecule has 17 aromatic rings. The van der Waals surface area contributed by atoms with Gasteiger partial charge in [-0.15, -0.1) is 0 Å². The lowest BCUT2D eigenvalue weighted by Crippen LogP contribution is -2.13. The summed E-state index contributed by atoms with van der Waals surface area (Å²) < 4.78 is 27.8. The van der Waals surface area contributed by atoms with Gasteiger partial charge in [0.15, 0.2) is 16.7 Å². The lowest BCUT2D eigenvalue weighted by molar-refractivity contribution is 0.663. The number of fused-ring (bicyclic) bond motifs is 14. The number of para-hydroxylation sites is 6. The monoisotopic (exact) mass is 1110 g/mol. The van der Waals surface area contributed by atoms with Crippen LogP contribution in [0.4, 0.5) is 34.1 Å². The van der Waals surface area contributed by atoms with Crippen LogP contribution in [0.5, 0.6) is 0 Å². The van der Waals surface area contributed by atoms with Crippen LogP contribution in [0.15, 0.2) is 254 Å². The highest BCUT2D eigenvalue weighted by molar-refractivity contribution is 6.22. The maximum absolute atomic E-state index is 11.2. The second-order valence-electron chi connectivity index (χ2n) is 22.8. The Labute approximate surface area is 494 Å². The van der Waals surface area contributed by atoms with Crippen LogP contribution in [0, 0.1) is 39.0 Å². The van der Waals surface area contributed by atoms with Crippen LogP contribution in [0.1, 0.15) is 27.8 Å². The Balaban J connectivity index is 0.791. The number of aryl methyl sites for hydroxylation is 4. The Morgan fingerprint density at radius 2 is 0.756 bits per heavy atom. The highest BCUT2D eigenvalue weighted by Crippen LogP contribution is 2.50.